The predicted octanol–water partition coefficient (Wildman–Crippen LogP) is 8.01. The first-order valence-electron chi connectivity index (χ1n) is 9.98. The maximum atomic E-state index is 6.57. The summed E-state index contributed by atoms with van der Waals surface area (Å²) < 4.78 is 8.19. The Morgan fingerprint density at radius 2 is 1.65 bits per heavy atom. The van der Waals surface area contributed by atoms with Gasteiger partial charge in [-0.15, -0.1) is 0 Å². The zero-order valence-corrected chi connectivity index (χ0v) is 20.0. The van der Waals surface area contributed by atoms with Gasteiger partial charge >= 0.3 is 0 Å². The third-order valence-electron chi connectivity index (χ3n) is 5.01. The summed E-state index contributed by atoms with van der Waals surface area (Å²) in [6.45, 7) is 8.34. The topological polar surface area (TPSA) is 43.9 Å². The Morgan fingerprint density at radius 1 is 0.968 bits per heavy atom. The molecule has 0 saturated carbocycles. The Bertz CT molecular complexity index is 1230. The number of oxazole rings is 1. The highest BCUT2D eigenvalue weighted by molar-refractivity contribution is 6.36. The smallest absolute Gasteiger partial charge is 0.247 e. The second-order valence-electron chi connectivity index (χ2n) is 8.30. The number of nitrogens with zero attached hydrogens (tertiary/aromatic N) is 3. The molecule has 2 heterocycles. The first kappa shape index (κ1) is 21.9. The highest BCUT2D eigenvalue weighted by atomic mass is 35.5. The standard InChI is InChI=1S/C24H22Cl3N3O/c1-5-19-21(23-28-13-20(31-23)24(2,3)4)29-22(17-11-8-15(26)12-18(17)27)30(19)16-9-6-14(25)7-10-16/h6-13H,5H2,1-4H3. The number of benzene rings is 2. The van der Waals surface area contributed by atoms with Crippen LogP contribution < -0.4 is 0 Å². The van der Waals surface area contributed by atoms with Crippen LogP contribution in [0.4, 0.5) is 0 Å². The Hall–Kier alpha value is -2.27. The molecule has 0 N–H and O–H groups in total. The van der Waals surface area contributed by atoms with Crippen molar-refractivity contribution in [1.82, 2.24) is 14.5 Å². The van der Waals surface area contributed by atoms with Crippen molar-refractivity contribution in [3.63, 3.8) is 0 Å². The van der Waals surface area contributed by atoms with E-state index in [1.165, 1.54) is 0 Å². The molecule has 0 spiro atoms. The normalized spacial score (nSPS) is 11.8. The molecule has 0 amide bonds. The molecule has 4 rings (SSSR count). The van der Waals surface area contributed by atoms with Gasteiger partial charge in [-0.05, 0) is 48.9 Å². The fourth-order valence-electron chi connectivity index (χ4n) is 3.40. The lowest BCUT2D eigenvalue weighted by Gasteiger charge is -2.13. The quantitative estimate of drug-likeness (QED) is 0.301. The SMILES string of the molecule is CCc1c(-c2ncc(C(C)(C)C)o2)nc(-c2ccc(Cl)cc2Cl)n1-c1ccc(Cl)cc1. The summed E-state index contributed by atoms with van der Waals surface area (Å²) in [5, 5.41) is 1.75. The molecular weight excluding hydrogens is 453 g/mol. The number of hydrogen-bond donors (Lipinski definition) is 0. The molecule has 0 aliphatic rings. The minimum atomic E-state index is -0.154. The van der Waals surface area contributed by atoms with Gasteiger partial charge in [-0.3, -0.25) is 4.57 Å². The summed E-state index contributed by atoms with van der Waals surface area (Å²) in [6, 6.07) is 13.0. The van der Waals surface area contributed by atoms with Gasteiger partial charge < -0.3 is 4.42 Å². The molecule has 4 aromatic rings. The summed E-state index contributed by atoms with van der Waals surface area (Å²) in [4.78, 5) is 9.49. The van der Waals surface area contributed by atoms with Crippen LogP contribution in [-0.2, 0) is 11.8 Å². The van der Waals surface area contributed by atoms with Crippen molar-refractivity contribution < 1.29 is 4.42 Å². The summed E-state index contributed by atoms with van der Waals surface area (Å²) in [5.41, 5.74) is 3.19. The second-order valence-corrected chi connectivity index (χ2v) is 9.58. The number of halogens is 3. The van der Waals surface area contributed by atoms with Crippen molar-refractivity contribution in [1.29, 1.82) is 0 Å². The van der Waals surface area contributed by atoms with Crippen LogP contribution in [0.15, 0.2) is 53.1 Å². The third kappa shape index (κ3) is 4.25. The lowest BCUT2D eigenvalue weighted by Crippen LogP contribution is -2.09. The zero-order valence-electron chi connectivity index (χ0n) is 17.7. The van der Waals surface area contributed by atoms with E-state index in [9.17, 15) is 0 Å². The van der Waals surface area contributed by atoms with Crippen molar-refractivity contribution >= 4 is 34.8 Å². The molecule has 0 aliphatic carbocycles. The summed E-state index contributed by atoms with van der Waals surface area (Å²) in [7, 11) is 0. The summed E-state index contributed by atoms with van der Waals surface area (Å²) in [6.07, 6.45) is 2.48. The molecule has 7 heteroatoms. The van der Waals surface area contributed by atoms with E-state index in [0.717, 1.165) is 22.7 Å². The minimum absolute atomic E-state index is 0.154. The van der Waals surface area contributed by atoms with Crippen molar-refractivity contribution in [3.05, 3.63) is 75.2 Å². The molecule has 0 unspecified atom stereocenters. The highest BCUT2D eigenvalue weighted by Crippen LogP contribution is 2.37. The summed E-state index contributed by atoms with van der Waals surface area (Å²) in [5.74, 6) is 1.98. The second kappa shape index (κ2) is 8.34. The van der Waals surface area contributed by atoms with Crippen LogP contribution in [0.2, 0.25) is 15.1 Å². The number of imidazole rings is 1. The van der Waals surface area contributed by atoms with Crippen molar-refractivity contribution in [2.45, 2.75) is 39.5 Å². The van der Waals surface area contributed by atoms with Gasteiger partial charge in [0, 0.05) is 26.7 Å². The van der Waals surface area contributed by atoms with E-state index >= 15 is 0 Å². The molecule has 4 nitrogen and oxygen atoms in total. The van der Waals surface area contributed by atoms with Crippen LogP contribution in [0.3, 0.4) is 0 Å². The van der Waals surface area contributed by atoms with E-state index < -0.39 is 0 Å². The maximum absolute atomic E-state index is 6.57. The Morgan fingerprint density at radius 3 is 2.23 bits per heavy atom. The van der Waals surface area contributed by atoms with E-state index in [1.54, 1.807) is 18.3 Å². The van der Waals surface area contributed by atoms with Gasteiger partial charge in [0.2, 0.25) is 5.89 Å². The van der Waals surface area contributed by atoms with Gasteiger partial charge in [-0.25, -0.2) is 9.97 Å². The van der Waals surface area contributed by atoms with Crippen molar-refractivity contribution in [3.8, 4) is 28.7 Å². The largest absolute Gasteiger partial charge is 0.439 e. The van der Waals surface area contributed by atoms with Crippen LogP contribution >= 0.6 is 34.8 Å². The molecule has 160 valence electrons. The van der Waals surface area contributed by atoms with Gasteiger partial charge in [0.25, 0.3) is 0 Å². The van der Waals surface area contributed by atoms with E-state index in [1.807, 2.05) is 30.3 Å². The Balaban J connectivity index is 1.99. The number of rotatable bonds is 4. The molecule has 0 aliphatic heterocycles. The van der Waals surface area contributed by atoms with Gasteiger partial charge in [0.1, 0.15) is 17.3 Å². The van der Waals surface area contributed by atoms with Crippen LogP contribution in [-0.4, -0.2) is 14.5 Å². The molecule has 0 radical (unpaired) electrons. The van der Waals surface area contributed by atoms with Crippen molar-refractivity contribution in [2.75, 3.05) is 0 Å². The van der Waals surface area contributed by atoms with Gasteiger partial charge in [0.05, 0.1) is 16.9 Å². The highest BCUT2D eigenvalue weighted by Gasteiger charge is 2.26. The van der Waals surface area contributed by atoms with Gasteiger partial charge in [0.15, 0.2) is 0 Å². The van der Waals surface area contributed by atoms with Gasteiger partial charge in [-0.1, -0.05) is 62.5 Å². The molecule has 31 heavy (non-hydrogen) atoms. The first-order chi connectivity index (χ1) is 14.7. The first-order valence-corrected chi connectivity index (χ1v) is 11.1. The van der Waals surface area contributed by atoms with Crippen LogP contribution in [0.1, 0.15) is 39.1 Å². The van der Waals surface area contributed by atoms with E-state index in [-0.39, 0.29) is 5.41 Å². The lowest BCUT2D eigenvalue weighted by molar-refractivity contribution is 0.415. The van der Waals surface area contributed by atoms with Gasteiger partial charge in [-0.2, -0.15) is 0 Å². The minimum Gasteiger partial charge on any atom is -0.439 e. The zero-order chi connectivity index (χ0) is 22.3. The Kier molecular flexibility index (Phi) is 5.91. The molecule has 0 fully saturated rings. The molecule has 0 saturated heterocycles. The number of aromatic nitrogens is 3. The lowest BCUT2D eigenvalue weighted by atomic mass is 9.94. The molecule has 0 bridgehead atoms. The average Bonchev–Trinajstić information content (AvgIpc) is 3.33. The van der Waals surface area contributed by atoms with E-state index in [4.69, 9.17) is 44.2 Å². The monoisotopic (exact) mass is 473 g/mol. The Labute approximate surface area is 196 Å². The van der Waals surface area contributed by atoms with Crippen LogP contribution in [0.5, 0.6) is 0 Å². The van der Waals surface area contributed by atoms with E-state index in [0.29, 0.717) is 38.9 Å². The molecule has 2 aromatic heterocycles. The summed E-state index contributed by atoms with van der Waals surface area (Å²) >= 11 is 18.8. The molecular formula is C24H22Cl3N3O. The van der Waals surface area contributed by atoms with Crippen molar-refractivity contribution in [2.24, 2.45) is 0 Å². The number of hydrogen-bond acceptors (Lipinski definition) is 3. The average molecular weight is 475 g/mol. The fraction of sp³-hybridized carbons (Fsp3) is 0.250. The fourth-order valence-corrected chi connectivity index (χ4v) is 4.02. The third-order valence-corrected chi connectivity index (χ3v) is 5.81. The maximum Gasteiger partial charge on any atom is 0.247 e. The van der Waals surface area contributed by atoms with E-state index in [2.05, 4.69) is 37.2 Å². The van der Waals surface area contributed by atoms with Crippen LogP contribution in [0.25, 0.3) is 28.7 Å². The van der Waals surface area contributed by atoms with Crippen LogP contribution in [0, 0.1) is 0 Å². The predicted molar refractivity (Wildman–Crippen MR) is 128 cm³/mol. The molecule has 0 atom stereocenters. The molecule has 2 aromatic carbocycles.